The van der Waals surface area contributed by atoms with E-state index in [0.717, 1.165) is 11.3 Å². The van der Waals surface area contributed by atoms with Gasteiger partial charge < -0.3 is 10.1 Å². The maximum Gasteiger partial charge on any atom is 0.224 e. The van der Waals surface area contributed by atoms with E-state index in [2.05, 4.69) is 5.32 Å². The number of thiophene rings is 1. The van der Waals surface area contributed by atoms with Crippen molar-refractivity contribution in [3.05, 3.63) is 52.2 Å². The number of benzene rings is 1. The summed E-state index contributed by atoms with van der Waals surface area (Å²) in [5, 5.41) is 5.01. The average Bonchev–Trinajstić information content (AvgIpc) is 2.93. The van der Waals surface area contributed by atoms with E-state index < -0.39 is 0 Å². The number of amides is 1. The summed E-state index contributed by atoms with van der Waals surface area (Å²) in [6.45, 7) is 2.00. The van der Waals surface area contributed by atoms with E-state index in [1.54, 1.807) is 18.4 Å². The third-order valence-corrected chi connectivity index (χ3v) is 3.93. The first-order valence-electron chi connectivity index (χ1n) is 6.14. The van der Waals surface area contributed by atoms with Gasteiger partial charge in [-0.2, -0.15) is 0 Å². The van der Waals surface area contributed by atoms with Crippen LogP contribution in [0, 0.1) is 0 Å². The summed E-state index contributed by atoms with van der Waals surface area (Å²) < 4.78 is 5.09. The summed E-state index contributed by atoms with van der Waals surface area (Å²) in [6, 6.07) is 11.6. The molecule has 0 aliphatic rings. The lowest BCUT2D eigenvalue weighted by atomic mass is 10.1. The standard InChI is InChI=1S/C15H17NO2S/c1-11(14-4-3-9-19-14)16-15(17)10-12-5-7-13(18-2)8-6-12/h3-9,11H,10H2,1-2H3,(H,16,17)/t11-/m0/s1. The Morgan fingerprint density at radius 3 is 2.63 bits per heavy atom. The second kappa shape index (κ2) is 6.38. The zero-order chi connectivity index (χ0) is 13.7. The summed E-state index contributed by atoms with van der Waals surface area (Å²) in [5.74, 6) is 0.835. The molecule has 0 fully saturated rings. The Bertz CT molecular complexity index is 520. The van der Waals surface area contributed by atoms with Crippen LogP contribution in [0.2, 0.25) is 0 Å². The fourth-order valence-corrected chi connectivity index (χ4v) is 2.56. The van der Waals surface area contributed by atoms with Crippen LogP contribution in [-0.2, 0) is 11.2 Å². The molecule has 1 heterocycles. The lowest BCUT2D eigenvalue weighted by Gasteiger charge is -2.12. The SMILES string of the molecule is COc1ccc(CC(=O)N[C@@H](C)c2cccs2)cc1. The second-order valence-electron chi connectivity index (χ2n) is 4.33. The highest BCUT2D eigenvalue weighted by Gasteiger charge is 2.10. The summed E-state index contributed by atoms with van der Waals surface area (Å²) in [4.78, 5) is 13.1. The van der Waals surface area contributed by atoms with E-state index in [-0.39, 0.29) is 11.9 Å². The maximum atomic E-state index is 11.9. The summed E-state index contributed by atoms with van der Waals surface area (Å²) >= 11 is 1.65. The molecule has 1 N–H and O–H groups in total. The van der Waals surface area contributed by atoms with Gasteiger partial charge in [-0.15, -0.1) is 11.3 Å². The molecule has 19 heavy (non-hydrogen) atoms. The first-order chi connectivity index (χ1) is 9.19. The first kappa shape index (κ1) is 13.6. The zero-order valence-electron chi connectivity index (χ0n) is 11.1. The molecule has 0 spiro atoms. The van der Waals surface area contributed by atoms with Crippen molar-refractivity contribution >= 4 is 17.2 Å². The average molecular weight is 275 g/mol. The van der Waals surface area contributed by atoms with Gasteiger partial charge in [0.2, 0.25) is 5.91 Å². The van der Waals surface area contributed by atoms with Crippen molar-refractivity contribution in [1.82, 2.24) is 5.32 Å². The van der Waals surface area contributed by atoms with E-state index in [1.807, 2.05) is 48.7 Å². The molecule has 1 amide bonds. The maximum absolute atomic E-state index is 11.9. The predicted molar refractivity (Wildman–Crippen MR) is 77.6 cm³/mol. The molecule has 100 valence electrons. The Morgan fingerprint density at radius 2 is 2.05 bits per heavy atom. The van der Waals surface area contributed by atoms with Gasteiger partial charge in [-0.1, -0.05) is 18.2 Å². The normalized spacial score (nSPS) is 11.9. The van der Waals surface area contributed by atoms with Gasteiger partial charge in [0.25, 0.3) is 0 Å². The van der Waals surface area contributed by atoms with Crippen molar-refractivity contribution in [2.24, 2.45) is 0 Å². The Labute approximate surface area is 117 Å². The Hall–Kier alpha value is -1.81. The minimum atomic E-state index is 0.0334. The number of nitrogens with one attached hydrogen (secondary N) is 1. The fourth-order valence-electron chi connectivity index (χ4n) is 1.83. The molecule has 1 atom stereocenters. The molecule has 3 nitrogen and oxygen atoms in total. The van der Waals surface area contributed by atoms with Crippen molar-refractivity contribution < 1.29 is 9.53 Å². The van der Waals surface area contributed by atoms with Crippen molar-refractivity contribution in [3.8, 4) is 5.75 Å². The van der Waals surface area contributed by atoms with Crippen LogP contribution in [0.5, 0.6) is 5.75 Å². The minimum absolute atomic E-state index is 0.0334. The van der Waals surface area contributed by atoms with Gasteiger partial charge in [-0.05, 0) is 36.1 Å². The van der Waals surface area contributed by atoms with Crippen molar-refractivity contribution in [2.75, 3.05) is 7.11 Å². The Kier molecular flexibility index (Phi) is 4.58. The highest BCUT2D eigenvalue weighted by atomic mass is 32.1. The number of carbonyl (C=O) groups excluding carboxylic acids is 1. The second-order valence-corrected chi connectivity index (χ2v) is 5.31. The lowest BCUT2D eigenvalue weighted by Crippen LogP contribution is -2.27. The van der Waals surface area contributed by atoms with Gasteiger partial charge >= 0.3 is 0 Å². The molecule has 2 rings (SSSR count). The predicted octanol–water partition coefficient (Wildman–Crippen LogP) is 3.18. The molecule has 0 aliphatic heterocycles. The quantitative estimate of drug-likeness (QED) is 0.910. The van der Waals surface area contributed by atoms with Crippen molar-refractivity contribution in [1.29, 1.82) is 0 Å². The van der Waals surface area contributed by atoms with Gasteiger partial charge in [0, 0.05) is 4.88 Å². The smallest absolute Gasteiger partial charge is 0.224 e. The summed E-state index contributed by atoms with van der Waals surface area (Å²) in [7, 11) is 1.63. The minimum Gasteiger partial charge on any atom is -0.497 e. The van der Waals surface area contributed by atoms with Gasteiger partial charge in [-0.25, -0.2) is 0 Å². The molecule has 0 saturated carbocycles. The molecule has 1 aromatic heterocycles. The van der Waals surface area contributed by atoms with Gasteiger partial charge in [-0.3, -0.25) is 4.79 Å². The first-order valence-corrected chi connectivity index (χ1v) is 7.02. The Balaban J connectivity index is 1.90. The largest absolute Gasteiger partial charge is 0.497 e. The van der Waals surface area contributed by atoms with E-state index in [4.69, 9.17) is 4.74 Å². The molecule has 1 aromatic carbocycles. The van der Waals surface area contributed by atoms with E-state index in [0.29, 0.717) is 6.42 Å². The topological polar surface area (TPSA) is 38.3 Å². The number of ether oxygens (including phenoxy) is 1. The molecular formula is C15H17NO2S. The molecule has 0 bridgehead atoms. The number of methoxy groups -OCH3 is 1. The molecule has 0 saturated heterocycles. The van der Waals surface area contributed by atoms with Crippen LogP contribution in [0.4, 0.5) is 0 Å². The van der Waals surface area contributed by atoms with Gasteiger partial charge in [0.15, 0.2) is 0 Å². The van der Waals surface area contributed by atoms with Crippen LogP contribution < -0.4 is 10.1 Å². The number of carbonyl (C=O) groups is 1. The van der Waals surface area contributed by atoms with Crippen molar-refractivity contribution in [3.63, 3.8) is 0 Å². The van der Waals surface area contributed by atoms with E-state index >= 15 is 0 Å². The summed E-state index contributed by atoms with van der Waals surface area (Å²) in [5.41, 5.74) is 0.983. The third kappa shape index (κ3) is 3.83. The fraction of sp³-hybridized carbons (Fsp3) is 0.267. The van der Waals surface area contributed by atoms with Crippen LogP contribution in [0.1, 0.15) is 23.4 Å². The van der Waals surface area contributed by atoms with Crippen LogP contribution in [0.3, 0.4) is 0 Å². The van der Waals surface area contributed by atoms with Crippen LogP contribution in [-0.4, -0.2) is 13.0 Å². The highest BCUT2D eigenvalue weighted by molar-refractivity contribution is 7.10. The van der Waals surface area contributed by atoms with Crippen LogP contribution in [0.25, 0.3) is 0 Å². The number of rotatable bonds is 5. The zero-order valence-corrected chi connectivity index (χ0v) is 11.9. The molecule has 4 heteroatoms. The molecule has 2 aromatic rings. The monoisotopic (exact) mass is 275 g/mol. The third-order valence-electron chi connectivity index (χ3n) is 2.87. The van der Waals surface area contributed by atoms with E-state index in [1.165, 1.54) is 4.88 Å². The Morgan fingerprint density at radius 1 is 1.32 bits per heavy atom. The lowest BCUT2D eigenvalue weighted by molar-refractivity contribution is -0.121. The highest BCUT2D eigenvalue weighted by Crippen LogP contribution is 2.18. The molecular weight excluding hydrogens is 258 g/mol. The molecule has 0 unspecified atom stereocenters. The van der Waals surface area contributed by atoms with Crippen LogP contribution in [0.15, 0.2) is 41.8 Å². The van der Waals surface area contributed by atoms with Crippen LogP contribution >= 0.6 is 11.3 Å². The van der Waals surface area contributed by atoms with E-state index in [9.17, 15) is 4.79 Å². The van der Waals surface area contributed by atoms with Crippen molar-refractivity contribution in [2.45, 2.75) is 19.4 Å². The molecule has 0 aliphatic carbocycles. The molecule has 0 radical (unpaired) electrons. The van der Waals surface area contributed by atoms with Gasteiger partial charge in [0.1, 0.15) is 5.75 Å². The number of hydrogen-bond acceptors (Lipinski definition) is 3. The summed E-state index contributed by atoms with van der Waals surface area (Å²) in [6.07, 6.45) is 0.389. The van der Waals surface area contributed by atoms with Gasteiger partial charge in [0.05, 0.1) is 19.6 Å². The number of hydrogen-bond donors (Lipinski definition) is 1.